The zero-order chi connectivity index (χ0) is 82.8. The van der Waals surface area contributed by atoms with E-state index >= 15 is 0 Å². The summed E-state index contributed by atoms with van der Waals surface area (Å²) < 4.78 is 22.2. The van der Waals surface area contributed by atoms with Gasteiger partial charge in [0.25, 0.3) is 0 Å². The molecule has 3 heterocycles. The summed E-state index contributed by atoms with van der Waals surface area (Å²) >= 11 is 1.84. The van der Waals surface area contributed by atoms with Crippen LogP contribution in [0.2, 0.25) is 0 Å². The van der Waals surface area contributed by atoms with Crippen LogP contribution in [0.3, 0.4) is 0 Å². The number of aliphatic carboxylic acids is 1. The van der Waals surface area contributed by atoms with E-state index in [2.05, 4.69) is 79.4 Å². The molecule has 1 aromatic heterocycles. The lowest BCUT2D eigenvalue weighted by Gasteiger charge is -2.38. The van der Waals surface area contributed by atoms with Crippen molar-refractivity contribution in [3.8, 4) is 0 Å². The van der Waals surface area contributed by atoms with Crippen molar-refractivity contribution in [1.29, 1.82) is 0 Å². The molecule has 3 aromatic rings. The largest absolute Gasteiger partial charge is 0.481 e. The second kappa shape index (κ2) is 53.7. The minimum Gasteiger partial charge on any atom is -0.481 e. The number of nitrogens with zero attached hydrogens (tertiary/aromatic N) is 1. The Morgan fingerprint density at radius 1 is 0.565 bits per heavy atom. The highest BCUT2D eigenvalue weighted by atomic mass is 32.2. The standard InChI is InChI=1S/C79H116N16O19S/c1-54-15-3-4-17-58(54)92-77(109)88-57-27-24-55(25-28-57)51-70(102)90-60(19-8-12-38-83-65(97)29-26-56-16-14-36-81-52-56)74(106)91-61(20-13-23-71(103)104)75(107)95-79(34-9-2-10-35-79)76(108)87-42-46-114-50-49-113-44-40-85-67(99)31-30-66(98)84-39-43-111-47-48-112-45-41-86-68(100)32-33-69(101)89-59(73(80)105)18-7-11-37-82-64(96)22-6-5-21-63-72-62(53-115-63)93-78(110)94-72/h3-4,14-17,24-29,36,52,59-63,72H,2,5-13,18-23,30-35,37-51,53H2,1H3,(H2,80,105)(H,82,96)(H,83,97)(H,84,98)(H,85,99)(H,86,100)(H,87,108)(H,89,101)(H,90,102)(H,91,106)(H,95,107)(H,103,104)(H2,88,92,109)(H2,93,94,110)/b29-26+/t59-,60-,61-,62-,63-,72-/m0/s1. The Hall–Kier alpha value is -10.3. The lowest BCUT2D eigenvalue weighted by molar-refractivity contribution is -0.138. The number of carbonyl (C=O) groups excluding carboxylic acids is 13. The highest BCUT2D eigenvalue weighted by Gasteiger charge is 2.44. The number of nitrogens with two attached hydrogens (primary N) is 1. The van der Waals surface area contributed by atoms with Crippen molar-refractivity contribution < 1.29 is 91.2 Å². The summed E-state index contributed by atoms with van der Waals surface area (Å²) in [5, 5.41) is 49.0. The minimum atomic E-state index is -1.37. The fourth-order valence-electron chi connectivity index (χ4n) is 12.9. The van der Waals surface area contributed by atoms with Crippen LogP contribution in [-0.2, 0) is 82.9 Å². The molecule has 632 valence electrons. The van der Waals surface area contributed by atoms with Gasteiger partial charge in [-0.25, -0.2) is 9.59 Å². The van der Waals surface area contributed by atoms with Crippen molar-refractivity contribution >= 4 is 112 Å². The predicted octanol–water partition coefficient (Wildman–Crippen LogP) is 2.69. The third-order valence-electron chi connectivity index (χ3n) is 19.1. The van der Waals surface area contributed by atoms with Crippen molar-refractivity contribution in [3.05, 3.63) is 95.8 Å². The fraction of sp³-hybridized carbons (Fsp3) is 0.582. The van der Waals surface area contributed by atoms with E-state index in [0.717, 1.165) is 42.6 Å². The van der Waals surface area contributed by atoms with Crippen molar-refractivity contribution in [2.24, 2.45) is 5.73 Å². The monoisotopic (exact) mass is 1620 g/mol. The second-order valence-electron chi connectivity index (χ2n) is 28.3. The third-order valence-corrected chi connectivity index (χ3v) is 20.6. The number of unbranched alkanes of at least 4 members (excludes halogenated alkanes) is 3. The Balaban J connectivity index is 0.787. The number of aromatic nitrogens is 1. The maximum Gasteiger partial charge on any atom is 0.323 e. The summed E-state index contributed by atoms with van der Waals surface area (Å²) in [4.78, 5) is 183. The fourth-order valence-corrected chi connectivity index (χ4v) is 14.4. The normalized spacial score (nSPS) is 16.0. The molecule has 36 heteroatoms. The average Bonchev–Trinajstić information content (AvgIpc) is 1.78. The van der Waals surface area contributed by atoms with E-state index in [1.165, 1.54) is 6.08 Å². The summed E-state index contributed by atoms with van der Waals surface area (Å²) in [5.41, 5.74) is 7.43. The summed E-state index contributed by atoms with van der Waals surface area (Å²) in [6.07, 6.45) is 13.0. The van der Waals surface area contributed by atoms with Crippen LogP contribution in [0.15, 0.2) is 79.1 Å². The highest BCUT2D eigenvalue weighted by Crippen LogP contribution is 2.33. The van der Waals surface area contributed by atoms with Crippen LogP contribution in [0.25, 0.3) is 6.08 Å². The Kier molecular flexibility index (Phi) is 43.7. The van der Waals surface area contributed by atoms with E-state index in [9.17, 15) is 72.2 Å². The molecule has 3 fully saturated rings. The molecule has 17 N–H and O–H groups in total. The molecule has 15 amide bonds. The van der Waals surface area contributed by atoms with Gasteiger partial charge in [0.15, 0.2) is 0 Å². The quantitative estimate of drug-likeness (QED) is 0.0219. The first-order valence-corrected chi connectivity index (χ1v) is 40.7. The second-order valence-corrected chi connectivity index (χ2v) is 29.5. The Morgan fingerprint density at radius 3 is 1.74 bits per heavy atom. The number of carboxylic acid groups (broad SMARTS) is 1. The number of benzene rings is 2. The smallest absolute Gasteiger partial charge is 0.323 e. The first-order valence-electron chi connectivity index (χ1n) is 39.7. The Bertz CT molecular complexity index is 3650. The van der Waals surface area contributed by atoms with Gasteiger partial charge in [-0.2, -0.15) is 11.8 Å². The third kappa shape index (κ3) is 38.6. The number of amides is 15. The van der Waals surface area contributed by atoms with Gasteiger partial charge in [0.2, 0.25) is 65.0 Å². The molecule has 6 atom stereocenters. The van der Waals surface area contributed by atoms with Gasteiger partial charge in [0.05, 0.1) is 71.4 Å². The van der Waals surface area contributed by atoms with E-state index in [0.29, 0.717) is 73.7 Å². The number of primary amides is 1. The van der Waals surface area contributed by atoms with Gasteiger partial charge in [0.1, 0.15) is 23.7 Å². The number of fused-ring (bicyclic) bond motifs is 1. The summed E-state index contributed by atoms with van der Waals surface area (Å²) in [6.45, 7) is 4.54. The molecule has 2 aliphatic heterocycles. The SMILES string of the molecule is Cc1ccccc1NC(=O)Nc1ccc(CC(=O)N[C@@H](CCCCNC(=O)/C=C/c2cccnc2)C(=O)N[C@@H](CCCC(=O)O)C(=O)NC2(C(=O)NCCOCCOCCNC(=O)CCC(=O)NCCOCCOCCNC(=O)CCC(=O)N[C@@H](CCCCNC(=O)CCCC[C@@H]3SC[C@@H]4NC(=O)N[C@@H]43)C(N)=O)CCCCC2)cc1. The zero-order valence-electron chi connectivity index (χ0n) is 65.6. The summed E-state index contributed by atoms with van der Waals surface area (Å²) in [7, 11) is 0. The van der Waals surface area contributed by atoms with Crippen LogP contribution in [0.4, 0.5) is 21.0 Å². The molecule has 115 heavy (non-hydrogen) atoms. The number of aryl methyl sites for hydroxylation is 1. The Labute approximate surface area is 674 Å². The zero-order valence-corrected chi connectivity index (χ0v) is 66.5. The van der Waals surface area contributed by atoms with E-state index < -0.39 is 71.1 Å². The highest BCUT2D eigenvalue weighted by molar-refractivity contribution is 8.00. The van der Waals surface area contributed by atoms with Crippen LogP contribution in [-0.4, -0.2) is 232 Å². The average molecular weight is 1630 g/mol. The molecule has 0 unspecified atom stereocenters. The minimum absolute atomic E-state index is 0.00786. The van der Waals surface area contributed by atoms with E-state index in [-0.39, 0.29) is 210 Å². The van der Waals surface area contributed by atoms with Crippen LogP contribution < -0.4 is 80.2 Å². The van der Waals surface area contributed by atoms with Crippen LogP contribution in [0.5, 0.6) is 0 Å². The first-order chi connectivity index (χ1) is 55.5. The number of carboxylic acids is 1. The van der Waals surface area contributed by atoms with E-state index in [1.807, 2.05) is 30.8 Å². The number of para-hydroxylation sites is 1. The lowest BCUT2D eigenvalue weighted by atomic mass is 9.80. The number of urea groups is 2. The van der Waals surface area contributed by atoms with Crippen molar-refractivity contribution in [2.45, 2.75) is 196 Å². The van der Waals surface area contributed by atoms with Crippen LogP contribution in [0.1, 0.15) is 158 Å². The van der Waals surface area contributed by atoms with Crippen molar-refractivity contribution in [1.82, 2.24) is 68.8 Å². The molecular weight excluding hydrogens is 1510 g/mol. The van der Waals surface area contributed by atoms with Crippen molar-refractivity contribution in [3.63, 3.8) is 0 Å². The molecule has 1 saturated carbocycles. The lowest BCUT2D eigenvalue weighted by Crippen LogP contribution is -2.63. The molecule has 0 radical (unpaired) electrons. The summed E-state index contributed by atoms with van der Waals surface area (Å²) in [5.74, 6) is -5.31. The number of anilines is 2. The first kappa shape index (κ1) is 93.6. The molecule has 2 aromatic carbocycles. The molecule has 6 rings (SSSR count). The molecule has 0 spiro atoms. The number of nitrogens with one attached hydrogen (secondary N) is 14. The topological polar surface area (TPSA) is 503 Å². The van der Waals surface area contributed by atoms with E-state index in [1.54, 1.807) is 67.0 Å². The predicted molar refractivity (Wildman–Crippen MR) is 429 cm³/mol. The molecule has 0 bridgehead atoms. The summed E-state index contributed by atoms with van der Waals surface area (Å²) in [6, 6.07) is 13.8. The molecule has 2 saturated heterocycles. The van der Waals surface area contributed by atoms with Gasteiger partial charge in [-0.05, 0) is 131 Å². The van der Waals surface area contributed by atoms with Gasteiger partial charge >= 0.3 is 18.0 Å². The van der Waals surface area contributed by atoms with Crippen molar-refractivity contribution in [2.75, 3.05) is 109 Å². The van der Waals surface area contributed by atoms with Gasteiger partial charge < -0.3 is 104 Å². The number of rotatable bonds is 57. The van der Waals surface area contributed by atoms with Crippen LogP contribution in [0, 0.1) is 6.92 Å². The number of carbonyl (C=O) groups is 14. The number of hydrogen-bond donors (Lipinski definition) is 16. The molecule has 3 aliphatic rings. The van der Waals surface area contributed by atoms with Gasteiger partial charge in [0, 0.05) is 119 Å². The Morgan fingerprint density at radius 2 is 1.13 bits per heavy atom. The number of pyridine rings is 1. The maximum absolute atomic E-state index is 14.4. The number of hydrogen-bond acceptors (Lipinski definition) is 20. The molecule has 1 aliphatic carbocycles. The van der Waals surface area contributed by atoms with Crippen LogP contribution >= 0.6 is 11.8 Å². The van der Waals surface area contributed by atoms with Gasteiger partial charge in [-0.1, -0.05) is 62.1 Å². The maximum atomic E-state index is 14.4. The number of ether oxygens (including phenoxy) is 4. The van der Waals surface area contributed by atoms with E-state index in [4.69, 9.17) is 24.7 Å². The number of thioether (sulfide) groups is 1. The van der Waals surface area contributed by atoms with Gasteiger partial charge in [-0.15, -0.1) is 0 Å². The molecular formula is C79H116N16O19S. The molecule has 35 nitrogen and oxygen atoms in total. The van der Waals surface area contributed by atoms with Gasteiger partial charge in [-0.3, -0.25) is 62.5 Å².